The molecule has 0 bridgehead atoms. The number of carboxylic acids is 1. The third-order valence-electron chi connectivity index (χ3n) is 5.48. The molecule has 0 amide bonds. The van der Waals surface area contributed by atoms with Gasteiger partial charge in [-0.15, -0.1) is 0 Å². The van der Waals surface area contributed by atoms with E-state index in [1.54, 1.807) is 0 Å². The van der Waals surface area contributed by atoms with E-state index < -0.39 is 5.97 Å². The predicted octanol–water partition coefficient (Wildman–Crippen LogP) is 4.84. The minimum Gasteiger partial charge on any atom is -0.481 e. The van der Waals surface area contributed by atoms with Gasteiger partial charge in [-0.1, -0.05) is 54.1 Å². The van der Waals surface area contributed by atoms with Crippen LogP contribution < -0.4 is 5.32 Å². The Kier molecular flexibility index (Phi) is 4.08. The summed E-state index contributed by atoms with van der Waals surface area (Å²) in [6.45, 7) is 2.15. The summed E-state index contributed by atoms with van der Waals surface area (Å²) in [4.78, 5) is 10.7. The van der Waals surface area contributed by atoms with Crippen LogP contribution in [0.5, 0.6) is 0 Å². The average molecular weight is 333 g/mol. The van der Waals surface area contributed by atoms with E-state index >= 15 is 0 Å². The minimum absolute atomic E-state index is 0.183. The molecule has 0 radical (unpaired) electrons. The van der Waals surface area contributed by atoms with E-state index in [4.69, 9.17) is 5.11 Å². The molecule has 3 heteroatoms. The van der Waals surface area contributed by atoms with E-state index in [2.05, 4.69) is 66.9 Å². The standard InChI is InChI=1S/C22H23NO2/c1-14-5-11-20-19(13-14)17-3-2-4-18(17)22(23-20)16-9-6-15(7-10-16)8-12-21(24)25/h2-3,5-7,9-11,13,17-18,22-23H,4,8,12H2,1H3,(H,24,25). The number of fused-ring (bicyclic) bond motifs is 3. The quantitative estimate of drug-likeness (QED) is 0.787. The molecule has 2 aliphatic rings. The zero-order valence-corrected chi connectivity index (χ0v) is 14.4. The Morgan fingerprint density at radius 1 is 1.20 bits per heavy atom. The van der Waals surface area contributed by atoms with E-state index in [9.17, 15) is 4.79 Å². The number of hydrogen-bond acceptors (Lipinski definition) is 2. The molecule has 3 atom stereocenters. The van der Waals surface area contributed by atoms with Crippen molar-refractivity contribution in [3.8, 4) is 0 Å². The molecular formula is C22H23NO2. The maximum Gasteiger partial charge on any atom is 0.303 e. The van der Waals surface area contributed by atoms with Crippen LogP contribution in [0.1, 0.15) is 47.1 Å². The molecule has 0 fully saturated rings. The molecule has 128 valence electrons. The van der Waals surface area contributed by atoms with Gasteiger partial charge in [0.25, 0.3) is 0 Å². The number of rotatable bonds is 4. The molecule has 4 rings (SSSR count). The number of aliphatic carboxylic acids is 1. The fourth-order valence-electron chi connectivity index (χ4n) is 4.19. The van der Waals surface area contributed by atoms with Gasteiger partial charge in [-0.2, -0.15) is 0 Å². The highest BCUT2D eigenvalue weighted by atomic mass is 16.4. The molecule has 3 nitrogen and oxygen atoms in total. The number of nitrogens with one attached hydrogen (secondary N) is 1. The smallest absolute Gasteiger partial charge is 0.303 e. The Balaban J connectivity index is 1.60. The summed E-state index contributed by atoms with van der Waals surface area (Å²) in [6.07, 6.45) is 6.53. The van der Waals surface area contributed by atoms with Gasteiger partial charge in [0, 0.05) is 18.0 Å². The van der Waals surface area contributed by atoms with Gasteiger partial charge in [0.1, 0.15) is 0 Å². The van der Waals surface area contributed by atoms with Gasteiger partial charge in [0.2, 0.25) is 0 Å². The number of carbonyl (C=O) groups is 1. The molecule has 1 heterocycles. The van der Waals surface area contributed by atoms with E-state index in [0.717, 1.165) is 12.0 Å². The molecular weight excluding hydrogens is 310 g/mol. The summed E-state index contributed by atoms with van der Waals surface area (Å²) >= 11 is 0. The molecule has 0 spiro atoms. The number of allylic oxidation sites excluding steroid dienone is 2. The molecule has 2 aromatic rings. The molecule has 2 N–H and O–H groups in total. The number of aryl methyl sites for hydroxylation is 2. The summed E-state index contributed by atoms with van der Waals surface area (Å²) in [6, 6.07) is 15.4. The molecule has 2 aromatic carbocycles. The molecule has 1 aliphatic carbocycles. The summed E-state index contributed by atoms with van der Waals surface area (Å²) in [7, 11) is 0. The summed E-state index contributed by atoms with van der Waals surface area (Å²) < 4.78 is 0. The zero-order chi connectivity index (χ0) is 17.4. The van der Waals surface area contributed by atoms with Crippen molar-refractivity contribution >= 4 is 11.7 Å². The maximum absolute atomic E-state index is 10.7. The lowest BCUT2D eigenvalue weighted by Crippen LogP contribution is -2.29. The summed E-state index contributed by atoms with van der Waals surface area (Å²) in [5.74, 6) is 0.275. The second-order valence-electron chi connectivity index (χ2n) is 7.20. The van der Waals surface area contributed by atoms with Crippen LogP contribution in [0.3, 0.4) is 0 Å². The van der Waals surface area contributed by atoms with Gasteiger partial charge in [0.15, 0.2) is 0 Å². The summed E-state index contributed by atoms with van der Waals surface area (Å²) in [5.41, 5.74) is 6.32. The highest BCUT2D eigenvalue weighted by Gasteiger charge is 2.37. The van der Waals surface area contributed by atoms with Crippen LogP contribution in [-0.4, -0.2) is 11.1 Å². The Bertz CT molecular complexity index is 822. The van der Waals surface area contributed by atoms with Gasteiger partial charge in [-0.05, 0) is 48.4 Å². The van der Waals surface area contributed by atoms with Gasteiger partial charge in [-0.25, -0.2) is 0 Å². The van der Waals surface area contributed by atoms with Crippen molar-refractivity contribution in [2.24, 2.45) is 5.92 Å². The van der Waals surface area contributed by atoms with Crippen LogP contribution in [0.15, 0.2) is 54.6 Å². The molecule has 0 saturated carbocycles. The van der Waals surface area contributed by atoms with Crippen molar-refractivity contribution in [2.45, 2.75) is 38.1 Å². The second kappa shape index (κ2) is 6.40. The maximum atomic E-state index is 10.7. The van der Waals surface area contributed by atoms with Crippen molar-refractivity contribution < 1.29 is 9.90 Å². The van der Waals surface area contributed by atoms with Crippen LogP contribution in [0.4, 0.5) is 5.69 Å². The SMILES string of the molecule is Cc1ccc2c(c1)C1C=CCC1C(c1ccc(CCC(=O)O)cc1)N2. The van der Waals surface area contributed by atoms with Gasteiger partial charge in [0.05, 0.1) is 6.04 Å². The monoisotopic (exact) mass is 333 g/mol. The number of benzene rings is 2. The van der Waals surface area contributed by atoms with E-state index in [1.165, 1.54) is 22.4 Å². The normalized spacial score (nSPS) is 23.6. The number of hydrogen-bond donors (Lipinski definition) is 2. The van der Waals surface area contributed by atoms with Crippen molar-refractivity contribution in [3.63, 3.8) is 0 Å². The van der Waals surface area contributed by atoms with E-state index in [1.807, 2.05) is 0 Å². The van der Waals surface area contributed by atoms with E-state index in [0.29, 0.717) is 24.3 Å². The Labute approximate surface area is 148 Å². The second-order valence-corrected chi connectivity index (χ2v) is 7.20. The van der Waals surface area contributed by atoms with Crippen LogP contribution >= 0.6 is 0 Å². The Morgan fingerprint density at radius 2 is 2.00 bits per heavy atom. The molecule has 0 saturated heterocycles. The largest absolute Gasteiger partial charge is 0.481 e. The van der Waals surface area contributed by atoms with Crippen LogP contribution in [0.25, 0.3) is 0 Å². The predicted molar refractivity (Wildman–Crippen MR) is 99.9 cm³/mol. The first kappa shape index (κ1) is 15.9. The molecule has 1 aliphatic heterocycles. The Hall–Kier alpha value is -2.55. The van der Waals surface area contributed by atoms with Crippen molar-refractivity contribution in [2.75, 3.05) is 5.32 Å². The van der Waals surface area contributed by atoms with Crippen LogP contribution in [0.2, 0.25) is 0 Å². The van der Waals surface area contributed by atoms with Crippen molar-refractivity contribution in [1.82, 2.24) is 0 Å². The van der Waals surface area contributed by atoms with Gasteiger partial charge in [-0.3, -0.25) is 4.79 Å². The zero-order valence-electron chi connectivity index (χ0n) is 14.4. The lowest BCUT2D eigenvalue weighted by Gasteiger charge is -2.37. The van der Waals surface area contributed by atoms with Crippen LogP contribution in [-0.2, 0) is 11.2 Å². The first-order valence-electron chi connectivity index (χ1n) is 8.96. The van der Waals surface area contributed by atoms with Crippen LogP contribution in [0, 0.1) is 12.8 Å². The lowest BCUT2D eigenvalue weighted by atomic mass is 9.76. The first-order valence-corrected chi connectivity index (χ1v) is 8.96. The minimum atomic E-state index is -0.746. The molecule has 25 heavy (non-hydrogen) atoms. The number of anilines is 1. The first-order chi connectivity index (χ1) is 12.1. The highest BCUT2D eigenvalue weighted by molar-refractivity contribution is 5.67. The van der Waals surface area contributed by atoms with Crippen molar-refractivity contribution in [3.05, 3.63) is 76.9 Å². The topological polar surface area (TPSA) is 49.3 Å². The van der Waals surface area contributed by atoms with Gasteiger partial charge < -0.3 is 10.4 Å². The van der Waals surface area contributed by atoms with E-state index in [-0.39, 0.29) is 6.42 Å². The lowest BCUT2D eigenvalue weighted by molar-refractivity contribution is -0.136. The number of carboxylic acid groups (broad SMARTS) is 1. The summed E-state index contributed by atoms with van der Waals surface area (Å²) in [5, 5.41) is 12.6. The molecule has 3 unspecified atom stereocenters. The van der Waals surface area contributed by atoms with Crippen molar-refractivity contribution in [1.29, 1.82) is 0 Å². The molecule has 0 aromatic heterocycles. The fraction of sp³-hybridized carbons (Fsp3) is 0.318. The highest BCUT2D eigenvalue weighted by Crippen LogP contribution is 2.49. The third kappa shape index (κ3) is 3.07. The fourth-order valence-corrected chi connectivity index (χ4v) is 4.19. The Morgan fingerprint density at radius 3 is 2.76 bits per heavy atom. The van der Waals surface area contributed by atoms with Gasteiger partial charge >= 0.3 is 5.97 Å². The third-order valence-corrected chi connectivity index (χ3v) is 5.48. The average Bonchev–Trinajstić information content (AvgIpc) is 3.10.